The number of nitrogens with zero attached hydrogens (tertiary/aromatic N) is 1. The molecule has 0 radical (unpaired) electrons. The standard InChI is InChI=1S/C8H13BF3N2O.K/c10-9(11,12)5-14-3-1-2-6-7(14)4-13-8(6)15;/h6-7H,1-5H2,(H,13,15);/q-1;+1. The third-order valence-electron chi connectivity index (χ3n) is 3.16. The van der Waals surface area contributed by atoms with Crippen LogP contribution in [0.15, 0.2) is 0 Å². The predicted octanol–water partition coefficient (Wildman–Crippen LogP) is -2.41. The second-order valence-corrected chi connectivity index (χ2v) is 4.27. The van der Waals surface area contributed by atoms with Gasteiger partial charge in [-0.05, 0) is 25.8 Å². The van der Waals surface area contributed by atoms with Crippen molar-refractivity contribution in [2.45, 2.75) is 18.9 Å². The van der Waals surface area contributed by atoms with Crippen molar-refractivity contribution in [3.63, 3.8) is 0 Å². The largest absolute Gasteiger partial charge is 1.00 e. The molecular weight excluding hydrogens is 247 g/mol. The molecule has 2 aliphatic heterocycles. The van der Waals surface area contributed by atoms with E-state index in [9.17, 15) is 17.7 Å². The van der Waals surface area contributed by atoms with Crippen LogP contribution < -0.4 is 56.7 Å². The Morgan fingerprint density at radius 3 is 2.75 bits per heavy atom. The molecule has 2 unspecified atom stereocenters. The molecule has 86 valence electrons. The molecule has 0 aromatic carbocycles. The van der Waals surface area contributed by atoms with Crippen LogP contribution in [0.25, 0.3) is 0 Å². The molecule has 8 heteroatoms. The first-order valence-electron chi connectivity index (χ1n) is 5.20. The van der Waals surface area contributed by atoms with Crippen LogP contribution in [-0.2, 0) is 4.79 Å². The van der Waals surface area contributed by atoms with Crippen molar-refractivity contribution >= 4 is 12.9 Å². The summed E-state index contributed by atoms with van der Waals surface area (Å²) in [5.74, 6) is -0.309. The molecule has 1 N–H and O–H groups in total. The van der Waals surface area contributed by atoms with E-state index in [0.717, 1.165) is 6.42 Å². The minimum absolute atomic E-state index is 0. The van der Waals surface area contributed by atoms with Gasteiger partial charge in [0.2, 0.25) is 5.91 Å². The molecule has 2 rings (SSSR count). The predicted molar refractivity (Wildman–Crippen MR) is 50.2 cm³/mol. The summed E-state index contributed by atoms with van der Waals surface area (Å²) in [4.78, 5) is 12.7. The van der Waals surface area contributed by atoms with E-state index in [1.54, 1.807) is 0 Å². The smallest absolute Gasteiger partial charge is 0.448 e. The summed E-state index contributed by atoms with van der Waals surface area (Å²) < 4.78 is 36.9. The number of piperidine rings is 1. The molecule has 2 atom stereocenters. The van der Waals surface area contributed by atoms with Crippen molar-refractivity contribution in [2.75, 3.05) is 19.5 Å². The Balaban J connectivity index is 0.00000128. The first kappa shape index (κ1) is 15.0. The average molecular weight is 260 g/mol. The van der Waals surface area contributed by atoms with Gasteiger partial charge >= 0.3 is 58.4 Å². The summed E-state index contributed by atoms with van der Waals surface area (Å²) in [5.41, 5.74) is 0. The van der Waals surface area contributed by atoms with E-state index < -0.39 is 13.4 Å². The van der Waals surface area contributed by atoms with Crippen LogP contribution in [0.4, 0.5) is 12.9 Å². The third-order valence-corrected chi connectivity index (χ3v) is 3.16. The van der Waals surface area contributed by atoms with Gasteiger partial charge in [-0.1, -0.05) is 0 Å². The third kappa shape index (κ3) is 3.46. The molecule has 1 amide bonds. The van der Waals surface area contributed by atoms with Crippen molar-refractivity contribution in [1.29, 1.82) is 0 Å². The van der Waals surface area contributed by atoms with Gasteiger partial charge in [0.1, 0.15) is 0 Å². The number of nitrogens with one attached hydrogen (secondary N) is 1. The Labute approximate surface area is 135 Å². The van der Waals surface area contributed by atoms with E-state index in [1.807, 2.05) is 0 Å². The Morgan fingerprint density at radius 1 is 1.44 bits per heavy atom. The topological polar surface area (TPSA) is 32.3 Å². The molecule has 3 nitrogen and oxygen atoms in total. The van der Waals surface area contributed by atoms with Crippen molar-refractivity contribution in [2.24, 2.45) is 5.92 Å². The van der Waals surface area contributed by atoms with Gasteiger partial charge < -0.3 is 23.2 Å². The number of likely N-dealkylation sites (tertiary alicyclic amines) is 1. The van der Waals surface area contributed by atoms with Gasteiger partial charge in [-0.2, -0.15) is 0 Å². The van der Waals surface area contributed by atoms with Crippen LogP contribution in [0, 0.1) is 5.92 Å². The van der Waals surface area contributed by atoms with Crippen LogP contribution in [-0.4, -0.2) is 43.4 Å². The fourth-order valence-electron chi connectivity index (χ4n) is 2.53. The van der Waals surface area contributed by atoms with Gasteiger partial charge in [-0.25, -0.2) is 0 Å². The summed E-state index contributed by atoms with van der Waals surface area (Å²) in [6.45, 7) is -3.96. The number of fused-ring (bicyclic) bond motifs is 1. The SMILES string of the molecule is O=C1NCC2C1CCCN2C[B-](F)(F)F.[K+]. The van der Waals surface area contributed by atoms with Crippen molar-refractivity contribution < 1.29 is 69.1 Å². The summed E-state index contributed by atoms with van der Waals surface area (Å²) in [5, 5.41) is 2.64. The average Bonchev–Trinajstić information content (AvgIpc) is 2.47. The maximum absolute atomic E-state index is 12.3. The first-order valence-corrected chi connectivity index (χ1v) is 5.20. The number of amides is 1. The van der Waals surface area contributed by atoms with E-state index in [-0.39, 0.29) is 69.3 Å². The fourth-order valence-corrected chi connectivity index (χ4v) is 2.53. The van der Waals surface area contributed by atoms with Gasteiger partial charge in [0, 0.05) is 12.6 Å². The number of hydrogen-bond acceptors (Lipinski definition) is 2. The van der Waals surface area contributed by atoms with Crippen LogP contribution in [0.3, 0.4) is 0 Å². The summed E-state index contributed by atoms with van der Waals surface area (Å²) in [6.07, 6.45) is 0.564. The molecule has 0 aromatic rings. The molecule has 2 heterocycles. The monoisotopic (exact) mass is 260 g/mol. The number of rotatable bonds is 2. The Morgan fingerprint density at radius 2 is 2.12 bits per heavy atom. The van der Waals surface area contributed by atoms with E-state index in [2.05, 4.69) is 5.32 Å². The number of hydrogen-bond donors (Lipinski definition) is 1. The van der Waals surface area contributed by atoms with Gasteiger partial charge in [0.25, 0.3) is 0 Å². The maximum atomic E-state index is 12.3. The van der Waals surface area contributed by atoms with E-state index in [0.29, 0.717) is 19.5 Å². The van der Waals surface area contributed by atoms with Gasteiger partial charge in [0.05, 0.1) is 5.92 Å². The molecule has 0 saturated carbocycles. The van der Waals surface area contributed by atoms with E-state index >= 15 is 0 Å². The zero-order chi connectivity index (χ0) is 11.1. The molecule has 0 aliphatic carbocycles. The molecule has 2 aliphatic rings. The van der Waals surface area contributed by atoms with E-state index in [4.69, 9.17) is 0 Å². The molecular formula is C8H13BF3KN2O. The quantitative estimate of drug-likeness (QED) is 0.561. The van der Waals surface area contributed by atoms with Crippen LogP contribution in [0.1, 0.15) is 12.8 Å². The fraction of sp³-hybridized carbons (Fsp3) is 0.875. The maximum Gasteiger partial charge on any atom is 1.00 e. The first-order chi connectivity index (χ1) is 6.97. The molecule has 2 saturated heterocycles. The second-order valence-electron chi connectivity index (χ2n) is 4.27. The van der Waals surface area contributed by atoms with Gasteiger partial charge in [-0.3, -0.25) is 4.79 Å². The number of halogens is 3. The molecule has 0 aromatic heterocycles. The van der Waals surface area contributed by atoms with Crippen molar-refractivity contribution in [1.82, 2.24) is 10.2 Å². The summed E-state index contributed by atoms with van der Waals surface area (Å²) in [6, 6.07) is -0.241. The Hall–Kier alpha value is 0.921. The van der Waals surface area contributed by atoms with Crippen LogP contribution in [0.2, 0.25) is 0 Å². The summed E-state index contributed by atoms with van der Waals surface area (Å²) in [7, 11) is 0. The normalized spacial score (nSPS) is 30.6. The molecule has 2 fully saturated rings. The van der Waals surface area contributed by atoms with Crippen LogP contribution >= 0.6 is 0 Å². The minimum atomic E-state index is -4.79. The molecule has 0 spiro atoms. The van der Waals surface area contributed by atoms with Gasteiger partial charge in [-0.15, -0.1) is 0 Å². The second kappa shape index (κ2) is 5.71. The van der Waals surface area contributed by atoms with Gasteiger partial charge in [0.15, 0.2) is 0 Å². The minimum Gasteiger partial charge on any atom is -0.448 e. The van der Waals surface area contributed by atoms with Crippen molar-refractivity contribution in [3.05, 3.63) is 0 Å². The van der Waals surface area contributed by atoms with Crippen molar-refractivity contribution in [3.8, 4) is 0 Å². The van der Waals surface area contributed by atoms with E-state index in [1.165, 1.54) is 4.90 Å². The number of carbonyl (C=O) groups excluding carboxylic acids is 1. The Bertz CT molecular complexity index is 276. The Kier molecular flexibility index (Phi) is 5.34. The molecule has 0 bridgehead atoms. The summed E-state index contributed by atoms with van der Waals surface area (Å²) >= 11 is 0. The van der Waals surface area contributed by atoms with Crippen LogP contribution in [0.5, 0.6) is 0 Å². The number of carbonyl (C=O) groups is 1. The zero-order valence-electron chi connectivity index (χ0n) is 9.26. The molecule has 16 heavy (non-hydrogen) atoms. The zero-order valence-corrected chi connectivity index (χ0v) is 12.4.